The molecule has 1 aliphatic heterocycles. The number of amides is 1. The Morgan fingerprint density at radius 1 is 1.47 bits per heavy atom. The number of hydrogen-bond donors (Lipinski definition) is 2. The first-order valence-corrected chi connectivity index (χ1v) is 5.84. The Bertz CT molecular complexity index is 373. The van der Waals surface area contributed by atoms with Gasteiger partial charge in [0.1, 0.15) is 0 Å². The number of carbonyl (C=O) groups is 2. The van der Waals surface area contributed by atoms with Crippen LogP contribution in [0, 0.1) is 11.3 Å². The Kier molecular flexibility index (Phi) is 4.44. The Morgan fingerprint density at radius 2 is 2.05 bits per heavy atom. The van der Waals surface area contributed by atoms with E-state index in [1.807, 2.05) is 0 Å². The molecule has 2 unspecified atom stereocenters. The van der Waals surface area contributed by atoms with Crippen molar-refractivity contribution in [3.05, 3.63) is 0 Å². The van der Waals surface area contributed by atoms with Crippen molar-refractivity contribution < 1.29 is 27.9 Å². The molecule has 0 aliphatic carbocycles. The lowest BCUT2D eigenvalue weighted by Crippen LogP contribution is -2.43. The summed E-state index contributed by atoms with van der Waals surface area (Å²) in [5.41, 5.74) is -0.761. The van der Waals surface area contributed by atoms with Crippen LogP contribution in [0.1, 0.15) is 13.3 Å². The van der Waals surface area contributed by atoms with E-state index < -0.39 is 30.0 Å². The predicted octanol–water partition coefficient (Wildman–Crippen LogP) is 0.707. The highest BCUT2D eigenvalue weighted by Crippen LogP contribution is 2.33. The van der Waals surface area contributed by atoms with E-state index in [9.17, 15) is 22.8 Å². The molecule has 5 nitrogen and oxygen atoms in total. The van der Waals surface area contributed by atoms with Crippen LogP contribution in [0.15, 0.2) is 0 Å². The summed E-state index contributed by atoms with van der Waals surface area (Å²) in [6, 6.07) is 0. The van der Waals surface area contributed by atoms with E-state index in [2.05, 4.69) is 5.32 Å². The summed E-state index contributed by atoms with van der Waals surface area (Å²) >= 11 is 0. The second-order valence-corrected chi connectivity index (χ2v) is 5.06. The first kappa shape index (κ1) is 15.7. The third-order valence-electron chi connectivity index (χ3n) is 3.46. The van der Waals surface area contributed by atoms with Gasteiger partial charge in [0.2, 0.25) is 5.91 Å². The number of likely N-dealkylation sites (tertiary alicyclic amines) is 1. The van der Waals surface area contributed by atoms with E-state index in [0.29, 0.717) is 6.42 Å². The number of carboxylic acid groups (broad SMARTS) is 1. The molecule has 1 heterocycles. The summed E-state index contributed by atoms with van der Waals surface area (Å²) < 4.78 is 37.7. The lowest BCUT2D eigenvalue weighted by molar-refractivity contribution is -0.196. The Labute approximate surface area is 108 Å². The molecule has 0 radical (unpaired) electrons. The van der Waals surface area contributed by atoms with Gasteiger partial charge in [-0.2, -0.15) is 13.2 Å². The summed E-state index contributed by atoms with van der Waals surface area (Å²) in [5.74, 6) is -4.55. The van der Waals surface area contributed by atoms with Crippen molar-refractivity contribution in [2.24, 2.45) is 11.3 Å². The Hall–Kier alpha value is -1.31. The molecule has 19 heavy (non-hydrogen) atoms. The molecule has 0 aromatic heterocycles. The quantitative estimate of drug-likeness (QED) is 0.796. The van der Waals surface area contributed by atoms with E-state index >= 15 is 0 Å². The number of hydrogen-bond acceptors (Lipinski definition) is 3. The van der Waals surface area contributed by atoms with Crippen LogP contribution in [0.4, 0.5) is 13.2 Å². The number of carbonyl (C=O) groups excluding carboxylic acids is 1. The van der Waals surface area contributed by atoms with E-state index in [0.717, 1.165) is 0 Å². The van der Waals surface area contributed by atoms with Gasteiger partial charge in [-0.15, -0.1) is 0 Å². The molecule has 1 amide bonds. The second-order valence-electron chi connectivity index (χ2n) is 5.06. The van der Waals surface area contributed by atoms with Gasteiger partial charge in [-0.3, -0.25) is 9.59 Å². The van der Waals surface area contributed by atoms with Gasteiger partial charge < -0.3 is 15.3 Å². The lowest BCUT2D eigenvalue weighted by Gasteiger charge is -2.25. The van der Waals surface area contributed by atoms with Crippen LogP contribution in [0.2, 0.25) is 0 Å². The van der Waals surface area contributed by atoms with Gasteiger partial charge in [0.25, 0.3) is 0 Å². The second kappa shape index (κ2) is 5.36. The van der Waals surface area contributed by atoms with Gasteiger partial charge in [-0.05, 0) is 19.9 Å². The SMILES string of the molecule is CNC(=O)C1(C)CCN(CC(C(=O)O)C(F)(F)F)C1. The van der Waals surface area contributed by atoms with Gasteiger partial charge in [-0.25, -0.2) is 0 Å². The fourth-order valence-electron chi connectivity index (χ4n) is 2.28. The fraction of sp³-hybridized carbons (Fsp3) is 0.818. The number of nitrogens with one attached hydrogen (secondary N) is 1. The summed E-state index contributed by atoms with van der Waals surface area (Å²) in [5, 5.41) is 11.1. The summed E-state index contributed by atoms with van der Waals surface area (Å²) in [6.45, 7) is 1.46. The highest BCUT2D eigenvalue weighted by molar-refractivity contribution is 5.82. The molecule has 1 fully saturated rings. The third kappa shape index (κ3) is 3.59. The average Bonchev–Trinajstić information content (AvgIpc) is 2.66. The van der Waals surface area contributed by atoms with Crippen molar-refractivity contribution in [2.45, 2.75) is 19.5 Å². The minimum Gasteiger partial charge on any atom is -0.481 e. The van der Waals surface area contributed by atoms with E-state index in [-0.39, 0.29) is 19.0 Å². The summed E-state index contributed by atoms with van der Waals surface area (Å²) in [4.78, 5) is 23.7. The van der Waals surface area contributed by atoms with Crippen molar-refractivity contribution in [3.8, 4) is 0 Å². The molecule has 2 N–H and O–H groups in total. The monoisotopic (exact) mass is 282 g/mol. The average molecular weight is 282 g/mol. The zero-order valence-electron chi connectivity index (χ0n) is 10.8. The van der Waals surface area contributed by atoms with Gasteiger partial charge >= 0.3 is 12.1 Å². The maximum atomic E-state index is 12.6. The Morgan fingerprint density at radius 3 is 2.47 bits per heavy atom. The molecule has 2 atom stereocenters. The van der Waals surface area contributed by atoms with Gasteiger partial charge in [-0.1, -0.05) is 0 Å². The zero-order chi connectivity index (χ0) is 14.8. The minimum absolute atomic E-state index is 0.131. The van der Waals surface area contributed by atoms with E-state index in [4.69, 9.17) is 5.11 Å². The number of carboxylic acids is 1. The number of nitrogens with zero attached hydrogens (tertiary/aromatic N) is 1. The van der Waals surface area contributed by atoms with Crippen molar-refractivity contribution in [3.63, 3.8) is 0 Å². The van der Waals surface area contributed by atoms with Gasteiger partial charge in [0.05, 0.1) is 5.41 Å². The van der Waals surface area contributed by atoms with Gasteiger partial charge in [0, 0.05) is 20.1 Å². The molecule has 1 saturated heterocycles. The van der Waals surface area contributed by atoms with E-state index in [1.165, 1.54) is 11.9 Å². The molecular weight excluding hydrogens is 265 g/mol. The Balaban J connectivity index is 2.70. The van der Waals surface area contributed by atoms with Crippen molar-refractivity contribution in [1.82, 2.24) is 10.2 Å². The molecule has 0 saturated carbocycles. The summed E-state index contributed by atoms with van der Waals surface area (Å²) in [7, 11) is 1.46. The summed E-state index contributed by atoms with van der Waals surface area (Å²) in [6.07, 6.45) is -4.37. The first-order chi connectivity index (χ1) is 8.60. The van der Waals surface area contributed by atoms with Crippen molar-refractivity contribution in [2.75, 3.05) is 26.7 Å². The molecule has 8 heteroatoms. The normalized spacial score (nSPS) is 26.2. The van der Waals surface area contributed by atoms with Crippen LogP contribution in [0.5, 0.6) is 0 Å². The van der Waals surface area contributed by atoms with Crippen molar-refractivity contribution >= 4 is 11.9 Å². The van der Waals surface area contributed by atoms with Crippen LogP contribution >= 0.6 is 0 Å². The fourth-order valence-corrected chi connectivity index (χ4v) is 2.28. The molecule has 0 aromatic carbocycles. The molecule has 110 valence electrons. The number of halogens is 3. The molecular formula is C11H17F3N2O3. The van der Waals surface area contributed by atoms with Crippen LogP contribution in [0.25, 0.3) is 0 Å². The predicted molar refractivity (Wildman–Crippen MR) is 60.4 cm³/mol. The number of rotatable bonds is 4. The zero-order valence-corrected chi connectivity index (χ0v) is 10.8. The smallest absolute Gasteiger partial charge is 0.403 e. The molecule has 1 rings (SSSR count). The molecule has 0 bridgehead atoms. The number of alkyl halides is 3. The van der Waals surface area contributed by atoms with Crippen LogP contribution in [-0.4, -0.2) is 54.7 Å². The molecule has 0 aromatic rings. The van der Waals surface area contributed by atoms with E-state index in [1.54, 1.807) is 6.92 Å². The highest BCUT2D eigenvalue weighted by Gasteiger charge is 2.48. The third-order valence-corrected chi connectivity index (χ3v) is 3.46. The number of aliphatic carboxylic acids is 1. The maximum absolute atomic E-state index is 12.6. The van der Waals surface area contributed by atoms with Gasteiger partial charge in [0.15, 0.2) is 5.92 Å². The standard InChI is InChI=1S/C11H17F3N2O3/c1-10(9(19)15-2)3-4-16(6-10)5-7(8(17)18)11(12,13)14/h7H,3-6H2,1-2H3,(H,15,19)(H,17,18). The maximum Gasteiger partial charge on any atom is 0.403 e. The van der Waals surface area contributed by atoms with Crippen LogP contribution in [-0.2, 0) is 9.59 Å². The lowest BCUT2D eigenvalue weighted by atomic mass is 9.89. The van der Waals surface area contributed by atoms with Crippen LogP contribution < -0.4 is 5.32 Å². The largest absolute Gasteiger partial charge is 0.481 e. The first-order valence-electron chi connectivity index (χ1n) is 5.84. The topological polar surface area (TPSA) is 69.6 Å². The van der Waals surface area contributed by atoms with Crippen LogP contribution in [0.3, 0.4) is 0 Å². The molecule has 0 spiro atoms. The van der Waals surface area contributed by atoms with Crippen molar-refractivity contribution in [1.29, 1.82) is 0 Å². The minimum atomic E-state index is -4.78. The molecule has 1 aliphatic rings. The highest BCUT2D eigenvalue weighted by atomic mass is 19.4.